The van der Waals surface area contributed by atoms with Gasteiger partial charge in [0.25, 0.3) is 0 Å². The molecule has 0 atom stereocenters. The second kappa shape index (κ2) is 21.3. The van der Waals surface area contributed by atoms with Crippen LogP contribution < -0.4 is 0 Å². The summed E-state index contributed by atoms with van der Waals surface area (Å²) in [4.78, 5) is 3.45. The van der Waals surface area contributed by atoms with Crippen molar-refractivity contribution in [1.82, 2.24) is 18.7 Å². The van der Waals surface area contributed by atoms with Crippen LogP contribution in [-0.4, -0.2) is 18.7 Å². The lowest BCUT2D eigenvalue weighted by Gasteiger charge is -2.11. The molecule has 20 rings (SSSR count). The minimum atomic E-state index is 0.913. The Hall–Kier alpha value is -11.6. The van der Waals surface area contributed by atoms with Crippen LogP contribution in [0.1, 0.15) is 0 Å². The molecule has 6 nitrogen and oxygen atoms in total. The zero-order valence-corrected chi connectivity index (χ0v) is 50.6. The second-order valence-corrected chi connectivity index (χ2v) is 24.3. The Morgan fingerprint density at radius 1 is 0.242 bits per heavy atom. The van der Waals surface area contributed by atoms with Gasteiger partial charge in [0.2, 0.25) is 0 Å². The van der Waals surface area contributed by atoms with Gasteiger partial charge in [0, 0.05) is 97.8 Å². The minimum Gasteiger partial charge on any atom is -0.456 e. The standard InChI is InChI=1S/C42H26N2O.C24H16BrN.C18H11NO/c1-5-13-37-31(9-1)32-10-2-6-14-38(32)43(37)29-21-17-27(18-22-29)28-19-23-30(24-20-28)44-39-15-7-3-11-33(39)35-25-26-36-34-12-4-8-16-40(34)45-42(36)41(35)44;25-19-13-9-17(10-14-19)18-11-15-20(16-12-18)26-23-7-3-1-5-21(23)22-6-2-4-8-24(22)26;1-3-7-15-11(5-1)13-9-14-12-6-2-4-8-17(12)20-18(14)10-16(13)19-15/h1-26H;1-16H;1-10,19H. The number of hydrogen-bond acceptors (Lipinski definition) is 2. The maximum absolute atomic E-state index is 6.52. The molecule has 0 aliphatic rings. The van der Waals surface area contributed by atoms with Crippen molar-refractivity contribution in [2.45, 2.75) is 0 Å². The molecule has 0 amide bonds. The summed E-state index contributed by atoms with van der Waals surface area (Å²) < 4.78 is 20.6. The van der Waals surface area contributed by atoms with Crippen molar-refractivity contribution < 1.29 is 8.83 Å². The summed E-state index contributed by atoms with van der Waals surface area (Å²) in [5.74, 6) is 0. The number of furan rings is 2. The summed E-state index contributed by atoms with van der Waals surface area (Å²) in [6.45, 7) is 0. The summed E-state index contributed by atoms with van der Waals surface area (Å²) in [6, 6.07) is 112. The van der Waals surface area contributed by atoms with Crippen LogP contribution in [0.5, 0.6) is 0 Å². The number of aromatic nitrogens is 4. The third-order valence-electron chi connectivity index (χ3n) is 18.2. The second-order valence-electron chi connectivity index (χ2n) is 23.3. The topological polar surface area (TPSA) is 56.9 Å². The highest BCUT2D eigenvalue weighted by atomic mass is 79.9. The predicted octanol–water partition coefficient (Wildman–Crippen LogP) is 23.9. The average Bonchev–Trinajstić information content (AvgIpc) is 1.61. The molecule has 6 heterocycles. The lowest BCUT2D eigenvalue weighted by molar-refractivity contribution is 0.669. The number of nitrogens with one attached hydrogen (secondary N) is 1. The zero-order valence-electron chi connectivity index (χ0n) is 49.1. The van der Waals surface area contributed by atoms with Crippen molar-refractivity contribution in [2.24, 2.45) is 0 Å². The van der Waals surface area contributed by atoms with Crippen LogP contribution in [-0.2, 0) is 0 Å². The molecule has 1 N–H and O–H groups in total. The van der Waals surface area contributed by atoms with E-state index in [1.165, 1.54) is 115 Å². The fourth-order valence-corrected chi connectivity index (χ4v) is 14.3. The highest BCUT2D eigenvalue weighted by Crippen LogP contribution is 2.42. The van der Waals surface area contributed by atoms with E-state index in [0.29, 0.717) is 0 Å². The van der Waals surface area contributed by atoms with E-state index >= 15 is 0 Å². The van der Waals surface area contributed by atoms with Crippen molar-refractivity contribution >= 4 is 147 Å². The number of rotatable bonds is 5. The van der Waals surface area contributed by atoms with Gasteiger partial charge in [-0.3, -0.25) is 0 Å². The minimum absolute atomic E-state index is 0.913. The van der Waals surface area contributed by atoms with E-state index < -0.39 is 0 Å². The molecule has 0 aliphatic heterocycles. The normalized spacial score (nSPS) is 11.8. The zero-order chi connectivity index (χ0) is 60.1. The van der Waals surface area contributed by atoms with Gasteiger partial charge in [-0.1, -0.05) is 216 Å². The SMILES string of the molecule is Brc1ccc(-c2ccc(-n3c4ccccc4c4ccccc43)cc2)cc1.c1ccc2c(c1)[nH]c1cc3oc4ccccc4c3cc12.c1ccc2c(c1)oc1c2ccc2c3ccccc3n(-c3ccc(-c4ccc(-n5c6ccccc6c6ccccc65)cc4)cc3)c21. The first-order chi connectivity index (χ1) is 45.0. The maximum atomic E-state index is 6.52. The summed E-state index contributed by atoms with van der Waals surface area (Å²) in [5.41, 5.74) is 21.5. The predicted molar refractivity (Wildman–Crippen MR) is 385 cm³/mol. The first-order valence-electron chi connectivity index (χ1n) is 30.7. The Balaban J connectivity index is 0.000000112. The van der Waals surface area contributed by atoms with Gasteiger partial charge in [-0.15, -0.1) is 0 Å². The molecule has 0 radical (unpaired) electrons. The molecule has 91 heavy (non-hydrogen) atoms. The van der Waals surface area contributed by atoms with Gasteiger partial charge < -0.3 is 27.5 Å². The lowest BCUT2D eigenvalue weighted by atomic mass is 10.0. The van der Waals surface area contributed by atoms with Crippen LogP contribution in [0.15, 0.2) is 329 Å². The summed E-state index contributed by atoms with van der Waals surface area (Å²) in [6.07, 6.45) is 0. The van der Waals surface area contributed by atoms with Crippen molar-refractivity contribution in [3.63, 3.8) is 0 Å². The lowest BCUT2D eigenvalue weighted by Crippen LogP contribution is -1.95. The molecule has 0 fully saturated rings. The van der Waals surface area contributed by atoms with E-state index in [1.807, 2.05) is 18.2 Å². The first kappa shape index (κ1) is 52.5. The smallest absolute Gasteiger partial charge is 0.160 e. The molecular formula is C84H53BrN4O2. The van der Waals surface area contributed by atoms with Crippen LogP contribution in [0, 0.1) is 0 Å². The van der Waals surface area contributed by atoms with E-state index in [9.17, 15) is 0 Å². The van der Waals surface area contributed by atoms with Crippen LogP contribution in [0.4, 0.5) is 0 Å². The van der Waals surface area contributed by atoms with Crippen LogP contribution in [0.2, 0.25) is 0 Å². The summed E-state index contributed by atoms with van der Waals surface area (Å²) in [5, 5.41) is 14.7. The molecule has 428 valence electrons. The van der Waals surface area contributed by atoms with Gasteiger partial charge >= 0.3 is 0 Å². The van der Waals surface area contributed by atoms with E-state index in [0.717, 1.165) is 60.0 Å². The maximum Gasteiger partial charge on any atom is 0.160 e. The number of H-pyrrole nitrogens is 1. The molecule has 0 aliphatic carbocycles. The molecule has 7 heteroatoms. The molecule has 0 unspecified atom stereocenters. The fraction of sp³-hybridized carbons (Fsp3) is 0. The largest absolute Gasteiger partial charge is 0.456 e. The number of benzene rings is 14. The van der Waals surface area contributed by atoms with E-state index in [-0.39, 0.29) is 0 Å². The quantitative estimate of drug-likeness (QED) is 0.187. The number of nitrogens with zero attached hydrogens (tertiary/aromatic N) is 3. The molecule has 0 saturated heterocycles. The number of aromatic amines is 1. The van der Waals surface area contributed by atoms with Gasteiger partial charge in [0.1, 0.15) is 16.7 Å². The van der Waals surface area contributed by atoms with Crippen molar-refractivity contribution in [3.8, 4) is 39.3 Å². The monoisotopic (exact) mass is 1230 g/mol. The summed E-state index contributed by atoms with van der Waals surface area (Å²) >= 11 is 3.50. The highest BCUT2D eigenvalue weighted by molar-refractivity contribution is 9.10. The molecule has 0 saturated carbocycles. The Morgan fingerprint density at radius 2 is 0.604 bits per heavy atom. The number of fused-ring (bicyclic) bond motifs is 19. The molecule has 0 bridgehead atoms. The molecule has 20 aromatic rings. The molecule has 6 aromatic heterocycles. The van der Waals surface area contributed by atoms with Crippen LogP contribution >= 0.6 is 15.9 Å². The fourth-order valence-electron chi connectivity index (χ4n) is 14.0. The molecule has 14 aromatic carbocycles. The molecular weight excluding hydrogens is 1180 g/mol. The highest BCUT2D eigenvalue weighted by Gasteiger charge is 2.20. The van der Waals surface area contributed by atoms with E-state index in [4.69, 9.17) is 8.83 Å². The van der Waals surface area contributed by atoms with Gasteiger partial charge in [-0.2, -0.15) is 0 Å². The Morgan fingerprint density at radius 3 is 1.10 bits per heavy atom. The molecule has 0 spiro atoms. The number of hydrogen-bond donors (Lipinski definition) is 1. The van der Waals surface area contributed by atoms with E-state index in [1.54, 1.807) is 0 Å². The average molecular weight is 1230 g/mol. The van der Waals surface area contributed by atoms with Gasteiger partial charge in [0.15, 0.2) is 5.58 Å². The Bertz CT molecular complexity index is 6000. The Kier molecular flexibility index (Phi) is 12.3. The van der Waals surface area contributed by atoms with Crippen LogP contribution in [0.3, 0.4) is 0 Å². The van der Waals surface area contributed by atoms with Gasteiger partial charge in [-0.05, 0) is 131 Å². The van der Waals surface area contributed by atoms with Crippen molar-refractivity contribution in [1.29, 1.82) is 0 Å². The number of para-hydroxylation sites is 8. The van der Waals surface area contributed by atoms with Gasteiger partial charge in [-0.25, -0.2) is 0 Å². The van der Waals surface area contributed by atoms with E-state index in [2.05, 4.69) is 332 Å². The Labute approximate surface area is 530 Å². The third-order valence-corrected chi connectivity index (χ3v) is 18.8. The third kappa shape index (κ3) is 8.69. The first-order valence-corrected chi connectivity index (χ1v) is 31.5. The summed E-state index contributed by atoms with van der Waals surface area (Å²) in [7, 11) is 0. The van der Waals surface area contributed by atoms with Crippen LogP contribution in [0.25, 0.3) is 170 Å². The van der Waals surface area contributed by atoms with Gasteiger partial charge in [0.05, 0.1) is 38.6 Å². The van der Waals surface area contributed by atoms with Crippen molar-refractivity contribution in [3.05, 3.63) is 320 Å². The number of halogens is 1. The van der Waals surface area contributed by atoms with Crippen molar-refractivity contribution in [2.75, 3.05) is 0 Å².